The summed E-state index contributed by atoms with van der Waals surface area (Å²) in [5.41, 5.74) is 1.96. The van der Waals surface area contributed by atoms with Crippen LogP contribution in [0.2, 0.25) is 0 Å². The Kier molecular flexibility index (Phi) is 4.64. The minimum Gasteiger partial charge on any atom is -0.445 e. The number of amides is 1. The van der Waals surface area contributed by atoms with E-state index in [-0.39, 0.29) is 18.7 Å². The van der Waals surface area contributed by atoms with E-state index in [9.17, 15) is 18.0 Å². The van der Waals surface area contributed by atoms with Crippen LogP contribution in [0.3, 0.4) is 0 Å². The second-order valence-corrected chi connectivity index (χ2v) is 6.90. The summed E-state index contributed by atoms with van der Waals surface area (Å²) < 4.78 is 45.7. The van der Waals surface area contributed by atoms with Crippen molar-refractivity contribution >= 4 is 11.7 Å². The Morgan fingerprint density at radius 3 is 2.44 bits per heavy atom. The molecule has 0 N–H and O–H groups in total. The molecule has 4 rings (SSSR count). The lowest BCUT2D eigenvalue weighted by atomic mass is 9.94. The van der Waals surface area contributed by atoms with E-state index >= 15 is 0 Å². The van der Waals surface area contributed by atoms with Crippen LogP contribution in [-0.4, -0.2) is 23.1 Å². The summed E-state index contributed by atoms with van der Waals surface area (Å²) in [5.74, 6) is -3.88. The molecule has 1 fully saturated rings. The van der Waals surface area contributed by atoms with Gasteiger partial charge in [0.15, 0.2) is 17.5 Å². The summed E-state index contributed by atoms with van der Waals surface area (Å²) >= 11 is 0. The number of nitrogens with zero attached hydrogens (tertiary/aromatic N) is 1. The molecule has 3 nitrogen and oxygen atoms in total. The summed E-state index contributed by atoms with van der Waals surface area (Å²) in [5, 5.41) is 0. The molecule has 2 aromatic rings. The van der Waals surface area contributed by atoms with Crippen molar-refractivity contribution in [3.8, 4) is 0 Å². The smallest absolute Gasteiger partial charge is 0.410 e. The standard InChI is InChI=1S/C21H18F3NO2/c22-18-10-15(11-19(23)20(18)24)14-8-16-6-7-17(9-14)25(16)21(26)27-12-13-4-2-1-3-5-13/h1-5,8,10-11,16-17H,6-7,9,12H2. The SMILES string of the molecule is O=C(OCc1ccccc1)N1C2C=C(c3cc(F)c(F)c(F)c3)CC1CC2. The highest BCUT2D eigenvalue weighted by Gasteiger charge is 2.40. The summed E-state index contributed by atoms with van der Waals surface area (Å²) in [4.78, 5) is 14.2. The molecule has 2 aromatic carbocycles. The fourth-order valence-electron chi connectivity index (χ4n) is 3.86. The molecule has 0 radical (unpaired) electrons. The minimum atomic E-state index is -1.47. The molecule has 27 heavy (non-hydrogen) atoms. The first kappa shape index (κ1) is 17.6. The fourth-order valence-corrected chi connectivity index (χ4v) is 3.86. The average Bonchev–Trinajstić information content (AvgIpc) is 2.94. The van der Waals surface area contributed by atoms with Gasteiger partial charge in [-0.15, -0.1) is 0 Å². The first-order valence-electron chi connectivity index (χ1n) is 8.87. The van der Waals surface area contributed by atoms with Gasteiger partial charge < -0.3 is 4.74 Å². The van der Waals surface area contributed by atoms with E-state index in [0.717, 1.165) is 36.1 Å². The molecule has 2 bridgehead atoms. The Labute approximate surface area is 155 Å². The summed E-state index contributed by atoms with van der Waals surface area (Å²) in [6, 6.07) is 11.2. The molecule has 0 spiro atoms. The van der Waals surface area contributed by atoms with Gasteiger partial charge in [-0.2, -0.15) is 0 Å². The van der Waals surface area contributed by atoms with Crippen molar-refractivity contribution < 1.29 is 22.7 Å². The van der Waals surface area contributed by atoms with Gasteiger partial charge in [-0.05, 0) is 48.1 Å². The van der Waals surface area contributed by atoms with Gasteiger partial charge in [0, 0.05) is 6.04 Å². The van der Waals surface area contributed by atoms with Crippen LogP contribution in [0, 0.1) is 17.5 Å². The highest BCUT2D eigenvalue weighted by Crippen LogP contribution is 2.39. The molecule has 2 atom stereocenters. The lowest BCUT2D eigenvalue weighted by molar-refractivity contribution is 0.0832. The normalized spacial score (nSPS) is 21.1. The predicted molar refractivity (Wildman–Crippen MR) is 94.2 cm³/mol. The number of halogens is 3. The highest BCUT2D eigenvalue weighted by atomic mass is 19.2. The van der Waals surface area contributed by atoms with Crippen molar-refractivity contribution in [2.45, 2.75) is 38.0 Å². The maximum atomic E-state index is 13.5. The highest BCUT2D eigenvalue weighted by molar-refractivity contribution is 5.75. The molecule has 1 amide bonds. The van der Waals surface area contributed by atoms with Gasteiger partial charge >= 0.3 is 6.09 Å². The Hall–Kier alpha value is -2.76. The number of benzene rings is 2. The third kappa shape index (κ3) is 3.44. The number of rotatable bonds is 3. The van der Waals surface area contributed by atoms with E-state index in [1.165, 1.54) is 0 Å². The second-order valence-electron chi connectivity index (χ2n) is 6.90. The van der Waals surface area contributed by atoms with Crippen LogP contribution in [-0.2, 0) is 11.3 Å². The van der Waals surface area contributed by atoms with E-state index in [1.54, 1.807) is 4.90 Å². The number of carbonyl (C=O) groups is 1. The lowest BCUT2D eigenvalue weighted by Crippen LogP contribution is -2.43. The van der Waals surface area contributed by atoms with Crippen molar-refractivity contribution in [3.05, 3.63) is 77.1 Å². The van der Waals surface area contributed by atoms with Gasteiger partial charge in [0.2, 0.25) is 0 Å². The molecule has 2 heterocycles. The molecule has 140 valence electrons. The van der Waals surface area contributed by atoms with Crippen LogP contribution in [0.4, 0.5) is 18.0 Å². The Balaban J connectivity index is 1.50. The van der Waals surface area contributed by atoms with Crippen molar-refractivity contribution in [3.63, 3.8) is 0 Å². The Morgan fingerprint density at radius 1 is 1.07 bits per heavy atom. The van der Waals surface area contributed by atoms with Crippen LogP contribution in [0.15, 0.2) is 48.5 Å². The first-order chi connectivity index (χ1) is 13.0. The Bertz CT molecular complexity index is 875. The van der Waals surface area contributed by atoms with Gasteiger partial charge in [-0.25, -0.2) is 18.0 Å². The predicted octanol–water partition coefficient (Wildman–Crippen LogP) is 5.06. The maximum Gasteiger partial charge on any atom is 0.410 e. The Morgan fingerprint density at radius 2 is 1.78 bits per heavy atom. The molecule has 0 aliphatic carbocycles. The van der Waals surface area contributed by atoms with Crippen LogP contribution in [0.25, 0.3) is 5.57 Å². The largest absolute Gasteiger partial charge is 0.445 e. The van der Waals surface area contributed by atoms with Crippen LogP contribution in [0.5, 0.6) is 0 Å². The van der Waals surface area contributed by atoms with Crippen LogP contribution in [0.1, 0.15) is 30.4 Å². The van der Waals surface area contributed by atoms with Gasteiger partial charge in [-0.1, -0.05) is 36.4 Å². The van der Waals surface area contributed by atoms with E-state index in [4.69, 9.17) is 4.74 Å². The quantitative estimate of drug-likeness (QED) is 0.704. The lowest BCUT2D eigenvalue weighted by Gasteiger charge is -2.33. The molecule has 0 saturated carbocycles. The minimum absolute atomic E-state index is 0.0885. The van der Waals surface area contributed by atoms with E-state index in [0.29, 0.717) is 12.0 Å². The maximum absolute atomic E-state index is 13.5. The zero-order valence-electron chi connectivity index (χ0n) is 14.5. The van der Waals surface area contributed by atoms with E-state index in [2.05, 4.69) is 0 Å². The van der Waals surface area contributed by atoms with Crippen molar-refractivity contribution in [1.29, 1.82) is 0 Å². The fraction of sp³-hybridized carbons (Fsp3) is 0.286. The van der Waals surface area contributed by atoms with Gasteiger partial charge in [0.1, 0.15) is 6.61 Å². The molecule has 2 aliphatic heterocycles. The molecular weight excluding hydrogens is 355 g/mol. The number of carbonyl (C=O) groups excluding carboxylic acids is 1. The second kappa shape index (κ2) is 7.10. The molecular formula is C21H18F3NO2. The molecule has 6 heteroatoms. The third-order valence-electron chi connectivity index (χ3n) is 5.17. The van der Waals surface area contributed by atoms with Crippen molar-refractivity contribution in [2.24, 2.45) is 0 Å². The number of fused-ring (bicyclic) bond motifs is 2. The topological polar surface area (TPSA) is 29.5 Å². The summed E-state index contributed by atoms with van der Waals surface area (Å²) in [7, 11) is 0. The van der Waals surface area contributed by atoms with Crippen LogP contribution >= 0.6 is 0 Å². The monoisotopic (exact) mass is 373 g/mol. The van der Waals surface area contributed by atoms with E-state index in [1.807, 2.05) is 36.4 Å². The van der Waals surface area contributed by atoms with Crippen molar-refractivity contribution in [1.82, 2.24) is 4.90 Å². The first-order valence-corrected chi connectivity index (χ1v) is 8.87. The molecule has 2 aliphatic rings. The van der Waals surface area contributed by atoms with Gasteiger partial charge in [-0.3, -0.25) is 4.90 Å². The summed E-state index contributed by atoms with van der Waals surface area (Å²) in [6.45, 7) is 0.195. The zero-order valence-corrected chi connectivity index (χ0v) is 14.5. The number of ether oxygens (including phenoxy) is 1. The third-order valence-corrected chi connectivity index (χ3v) is 5.17. The zero-order chi connectivity index (χ0) is 19.0. The van der Waals surface area contributed by atoms with Gasteiger partial charge in [0.05, 0.1) is 6.04 Å². The molecule has 1 saturated heterocycles. The van der Waals surface area contributed by atoms with Crippen molar-refractivity contribution in [2.75, 3.05) is 0 Å². The summed E-state index contributed by atoms with van der Waals surface area (Å²) in [6.07, 6.45) is 3.46. The molecule has 2 unspecified atom stereocenters. The van der Waals surface area contributed by atoms with Gasteiger partial charge in [0.25, 0.3) is 0 Å². The number of hydrogen-bond donors (Lipinski definition) is 0. The van der Waals surface area contributed by atoms with Crippen LogP contribution < -0.4 is 0 Å². The number of hydrogen-bond acceptors (Lipinski definition) is 2. The average molecular weight is 373 g/mol. The van der Waals surface area contributed by atoms with E-state index < -0.39 is 23.5 Å². The molecule has 0 aromatic heterocycles.